The van der Waals surface area contributed by atoms with Crippen LogP contribution in [0.3, 0.4) is 0 Å². The van der Waals surface area contributed by atoms with E-state index < -0.39 is 5.60 Å². The van der Waals surface area contributed by atoms with E-state index in [2.05, 4.69) is 15.9 Å². The van der Waals surface area contributed by atoms with Crippen molar-refractivity contribution in [2.24, 2.45) is 5.92 Å². The van der Waals surface area contributed by atoms with Crippen molar-refractivity contribution in [1.29, 1.82) is 0 Å². The molecule has 2 rings (SSSR count). The SMILES string of the molecule is CC(O)(Cc1ccc(Br)cc1Cl)CC1CC1. The van der Waals surface area contributed by atoms with Gasteiger partial charge in [-0.25, -0.2) is 0 Å². The Labute approximate surface area is 110 Å². The molecule has 0 amide bonds. The molecular formula is C13H16BrClO. The van der Waals surface area contributed by atoms with Gasteiger partial charge in [-0.2, -0.15) is 0 Å². The Kier molecular flexibility index (Phi) is 3.62. The Morgan fingerprint density at radius 2 is 2.19 bits per heavy atom. The predicted octanol–water partition coefficient (Wildman–Crippen LogP) is 4.20. The minimum Gasteiger partial charge on any atom is -0.390 e. The van der Waals surface area contributed by atoms with Crippen LogP contribution in [-0.2, 0) is 6.42 Å². The molecule has 1 aromatic carbocycles. The monoisotopic (exact) mass is 302 g/mol. The fraction of sp³-hybridized carbons (Fsp3) is 0.538. The minimum absolute atomic E-state index is 0.626. The van der Waals surface area contributed by atoms with Gasteiger partial charge in [0.05, 0.1) is 5.60 Å². The molecule has 0 aromatic heterocycles. The molecule has 1 unspecified atom stereocenters. The quantitative estimate of drug-likeness (QED) is 0.884. The molecule has 1 N–H and O–H groups in total. The van der Waals surface area contributed by atoms with Gasteiger partial charge in [0, 0.05) is 15.9 Å². The molecular weight excluding hydrogens is 287 g/mol. The van der Waals surface area contributed by atoms with Gasteiger partial charge in [-0.15, -0.1) is 0 Å². The van der Waals surface area contributed by atoms with Crippen LogP contribution >= 0.6 is 27.5 Å². The van der Waals surface area contributed by atoms with Crippen molar-refractivity contribution >= 4 is 27.5 Å². The lowest BCUT2D eigenvalue weighted by Gasteiger charge is -2.23. The second kappa shape index (κ2) is 4.67. The summed E-state index contributed by atoms with van der Waals surface area (Å²) in [7, 11) is 0. The summed E-state index contributed by atoms with van der Waals surface area (Å²) in [6.07, 6.45) is 4.06. The van der Waals surface area contributed by atoms with Crippen LogP contribution in [0.5, 0.6) is 0 Å². The molecule has 1 fully saturated rings. The average molecular weight is 304 g/mol. The van der Waals surface area contributed by atoms with Crippen LogP contribution in [0, 0.1) is 5.92 Å². The molecule has 1 saturated carbocycles. The highest BCUT2D eigenvalue weighted by Crippen LogP contribution is 2.38. The van der Waals surface area contributed by atoms with E-state index >= 15 is 0 Å². The number of benzene rings is 1. The number of hydrogen-bond acceptors (Lipinski definition) is 1. The summed E-state index contributed by atoms with van der Waals surface area (Å²) in [5, 5.41) is 11.0. The van der Waals surface area contributed by atoms with Gasteiger partial charge < -0.3 is 5.11 Å². The smallest absolute Gasteiger partial charge is 0.0663 e. The Morgan fingerprint density at radius 1 is 1.50 bits per heavy atom. The minimum atomic E-state index is -0.626. The molecule has 0 heterocycles. The van der Waals surface area contributed by atoms with E-state index in [0.717, 1.165) is 27.4 Å². The summed E-state index contributed by atoms with van der Waals surface area (Å²) in [6.45, 7) is 1.91. The first-order valence-electron chi connectivity index (χ1n) is 5.63. The van der Waals surface area contributed by atoms with Crippen molar-refractivity contribution in [2.75, 3.05) is 0 Å². The highest BCUT2D eigenvalue weighted by atomic mass is 79.9. The van der Waals surface area contributed by atoms with Crippen LogP contribution in [0.15, 0.2) is 22.7 Å². The third-order valence-corrected chi connectivity index (χ3v) is 3.86. The van der Waals surface area contributed by atoms with Crippen molar-refractivity contribution in [3.8, 4) is 0 Å². The van der Waals surface area contributed by atoms with E-state index in [1.165, 1.54) is 12.8 Å². The molecule has 0 radical (unpaired) electrons. The molecule has 0 spiro atoms. The maximum Gasteiger partial charge on any atom is 0.0663 e. The molecule has 88 valence electrons. The molecule has 1 nitrogen and oxygen atoms in total. The largest absolute Gasteiger partial charge is 0.390 e. The van der Waals surface area contributed by atoms with E-state index in [9.17, 15) is 5.11 Å². The van der Waals surface area contributed by atoms with E-state index in [4.69, 9.17) is 11.6 Å². The fourth-order valence-electron chi connectivity index (χ4n) is 2.09. The molecule has 3 heteroatoms. The number of halogens is 2. The van der Waals surface area contributed by atoms with E-state index in [1.54, 1.807) is 0 Å². The van der Waals surface area contributed by atoms with Crippen molar-refractivity contribution in [3.63, 3.8) is 0 Å². The number of aliphatic hydroxyl groups is 1. The Balaban J connectivity index is 2.06. The summed E-state index contributed by atoms with van der Waals surface area (Å²) in [5.41, 5.74) is 0.397. The maximum atomic E-state index is 10.3. The summed E-state index contributed by atoms with van der Waals surface area (Å²) < 4.78 is 0.975. The molecule has 0 saturated heterocycles. The van der Waals surface area contributed by atoms with Gasteiger partial charge in [-0.1, -0.05) is 46.4 Å². The predicted molar refractivity (Wildman–Crippen MR) is 70.8 cm³/mol. The zero-order valence-corrected chi connectivity index (χ0v) is 11.7. The highest BCUT2D eigenvalue weighted by molar-refractivity contribution is 9.10. The third-order valence-electron chi connectivity index (χ3n) is 3.01. The lowest BCUT2D eigenvalue weighted by molar-refractivity contribution is 0.0455. The molecule has 1 aliphatic rings. The number of rotatable bonds is 4. The van der Waals surface area contributed by atoms with Crippen molar-refractivity contribution in [2.45, 2.75) is 38.2 Å². The molecule has 1 atom stereocenters. The van der Waals surface area contributed by atoms with Gasteiger partial charge in [0.2, 0.25) is 0 Å². The first kappa shape index (κ1) is 12.4. The normalized spacial score (nSPS) is 19.5. The Morgan fingerprint density at radius 3 is 2.75 bits per heavy atom. The molecule has 16 heavy (non-hydrogen) atoms. The third kappa shape index (κ3) is 3.47. The van der Waals surface area contributed by atoms with Gasteiger partial charge >= 0.3 is 0 Å². The van der Waals surface area contributed by atoms with E-state index in [1.807, 2.05) is 25.1 Å². The zero-order chi connectivity index (χ0) is 11.8. The van der Waals surface area contributed by atoms with Gasteiger partial charge in [-0.3, -0.25) is 0 Å². The zero-order valence-electron chi connectivity index (χ0n) is 9.34. The van der Waals surface area contributed by atoms with E-state index in [0.29, 0.717) is 6.42 Å². The Bertz CT molecular complexity index is 386. The van der Waals surface area contributed by atoms with Crippen LogP contribution < -0.4 is 0 Å². The first-order chi connectivity index (χ1) is 7.46. The van der Waals surface area contributed by atoms with Gasteiger partial charge in [0.1, 0.15) is 0 Å². The highest BCUT2D eigenvalue weighted by Gasteiger charge is 2.32. The second-order valence-corrected chi connectivity index (χ2v) is 6.38. The second-order valence-electron chi connectivity index (χ2n) is 5.06. The summed E-state index contributed by atoms with van der Waals surface area (Å²) in [5.74, 6) is 0.726. The van der Waals surface area contributed by atoms with Crippen LogP contribution in [-0.4, -0.2) is 10.7 Å². The molecule has 1 aliphatic carbocycles. The standard InChI is InChI=1S/C13H16BrClO/c1-13(16,7-9-2-3-9)8-10-4-5-11(14)6-12(10)15/h4-6,9,16H,2-3,7-8H2,1H3. The van der Waals surface area contributed by atoms with Crippen LogP contribution in [0.2, 0.25) is 5.02 Å². The molecule has 1 aromatic rings. The summed E-state index contributed by atoms with van der Waals surface area (Å²) in [4.78, 5) is 0. The average Bonchev–Trinajstić information content (AvgIpc) is 2.93. The van der Waals surface area contributed by atoms with Crippen molar-refractivity contribution in [1.82, 2.24) is 0 Å². The topological polar surface area (TPSA) is 20.2 Å². The van der Waals surface area contributed by atoms with Gasteiger partial charge in [0.25, 0.3) is 0 Å². The lowest BCUT2D eigenvalue weighted by Crippen LogP contribution is -2.27. The fourth-order valence-corrected chi connectivity index (χ4v) is 2.83. The molecule has 0 aliphatic heterocycles. The first-order valence-corrected chi connectivity index (χ1v) is 6.80. The summed E-state index contributed by atoms with van der Waals surface area (Å²) >= 11 is 9.53. The maximum absolute atomic E-state index is 10.3. The summed E-state index contributed by atoms with van der Waals surface area (Å²) in [6, 6.07) is 5.83. The van der Waals surface area contributed by atoms with Crippen LogP contribution in [0.25, 0.3) is 0 Å². The number of hydrogen-bond donors (Lipinski definition) is 1. The van der Waals surface area contributed by atoms with Crippen molar-refractivity contribution in [3.05, 3.63) is 33.3 Å². The molecule has 0 bridgehead atoms. The lowest BCUT2D eigenvalue weighted by atomic mass is 9.91. The van der Waals surface area contributed by atoms with Crippen LogP contribution in [0.4, 0.5) is 0 Å². The van der Waals surface area contributed by atoms with Crippen LogP contribution in [0.1, 0.15) is 31.7 Å². The van der Waals surface area contributed by atoms with Crippen molar-refractivity contribution < 1.29 is 5.11 Å². The van der Waals surface area contributed by atoms with Gasteiger partial charge in [-0.05, 0) is 37.0 Å². The van der Waals surface area contributed by atoms with Gasteiger partial charge in [0.15, 0.2) is 0 Å². The van der Waals surface area contributed by atoms with E-state index in [-0.39, 0.29) is 0 Å². The Hall–Kier alpha value is -0.0500.